The quantitative estimate of drug-likeness (QED) is 0.743. The summed E-state index contributed by atoms with van der Waals surface area (Å²) in [4.78, 5) is 24.1. The Morgan fingerprint density at radius 3 is 2.93 bits per heavy atom. The lowest BCUT2D eigenvalue weighted by molar-refractivity contribution is 0.613. The van der Waals surface area contributed by atoms with Crippen LogP contribution in [0.4, 0.5) is 0 Å². The van der Waals surface area contributed by atoms with E-state index in [1.807, 2.05) is 6.07 Å². The van der Waals surface area contributed by atoms with Crippen molar-refractivity contribution in [3.63, 3.8) is 0 Å². The molecule has 6 heteroatoms. The molecule has 5 nitrogen and oxygen atoms in total. The minimum atomic E-state index is -0.590. The molecule has 74 valence electrons. The van der Waals surface area contributed by atoms with E-state index in [1.165, 1.54) is 10.8 Å². The van der Waals surface area contributed by atoms with Gasteiger partial charge >= 0.3 is 5.69 Å². The number of aryl methyl sites for hydroxylation is 1. The number of rotatable bonds is 3. The molecule has 0 aliphatic carbocycles. The van der Waals surface area contributed by atoms with Gasteiger partial charge in [0.1, 0.15) is 5.02 Å². The number of halogens is 1. The van der Waals surface area contributed by atoms with Gasteiger partial charge in [-0.1, -0.05) is 11.6 Å². The highest BCUT2D eigenvalue weighted by Gasteiger charge is 2.01. The van der Waals surface area contributed by atoms with Crippen molar-refractivity contribution in [2.75, 3.05) is 0 Å². The summed E-state index contributed by atoms with van der Waals surface area (Å²) in [5.41, 5.74) is -1.09. The summed E-state index contributed by atoms with van der Waals surface area (Å²) in [5.74, 6) is 0. The van der Waals surface area contributed by atoms with Crippen molar-refractivity contribution in [3.8, 4) is 6.07 Å². The predicted octanol–water partition coefficient (Wildman–Crippen LogP) is 0.494. The van der Waals surface area contributed by atoms with Crippen molar-refractivity contribution in [3.05, 3.63) is 32.1 Å². The summed E-state index contributed by atoms with van der Waals surface area (Å²) in [7, 11) is 0. The molecule has 14 heavy (non-hydrogen) atoms. The van der Waals surface area contributed by atoms with Crippen LogP contribution in [0, 0.1) is 11.3 Å². The number of nitrogens with zero attached hydrogens (tertiary/aromatic N) is 2. The Balaban J connectivity index is 2.89. The van der Waals surface area contributed by atoms with Gasteiger partial charge in [-0.25, -0.2) is 4.79 Å². The Labute approximate surface area is 84.6 Å². The van der Waals surface area contributed by atoms with Crippen LogP contribution in [0.1, 0.15) is 12.8 Å². The Morgan fingerprint density at radius 2 is 2.29 bits per heavy atom. The Hall–Kier alpha value is -1.54. The van der Waals surface area contributed by atoms with Crippen molar-refractivity contribution >= 4 is 11.6 Å². The molecule has 1 aromatic rings. The van der Waals surface area contributed by atoms with Gasteiger partial charge in [0.15, 0.2) is 0 Å². The van der Waals surface area contributed by atoms with Crippen LogP contribution in [0.3, 0.4) is 0 Å². The van der Waals surface area contributed by atoms with E-state index in [-0.39, 0.29) is 5.02 Å². The zero-order valence-electron chi connectivity index (χ0n) is 7.29. The van der Waals surface area contributed by atoms with Gasteiger partial charge in [-0.05, 0) is 6.42 Å². The normalized spacial score (nSPS) is 9.71. The van der Waals surface area contributed by atoms with Gasteiger partial charge in [0, 0.05) is 19.2 Å². The minimum absolute atomic E-state index is 0.0263. The molecule has 1 aromatic heterocycles. The van der Waals surface area contributed by atoms with Crippen molar-refractivity contribution in [2.24, 2.45) is 0 Å². The molecule has 1 heterocycles. The first-order chi connectivity index (χ1) is 6.65. The molecular formula is C8H8ClN3O2. The third kappa shape index (κ3) is 2.47. The third-order valence-electron chi connectivity index (χ3n) is 1.66. The summed E-state index contributed by atoms with van der Waals surface area (Å²) in [6.07, 6.45) is 2.20. The van der Waals surface area contributed by atoms with E-state index in [0.717, 1.165) is 0 Å². The highest BCUT2D eigenvalue weighted by atomic mass is 35.5. The van der Waals surface area contributed by atoms with E-state index < -0.39 is 11.2 Å². The minimum Gasteiger partial charge on any atom is -0.299 e. The summed E-state index contributed by atoms with van der Waals surface area (Å²) >= 11 is 5.53. The fourth-order valence-corrected chi connectivity index (χ4v) is 1.14. The largest absolute Gasteiger partial charge is 0.328 e. The van der Waals surface area contributed by atoms with Crippen LogP contribution in [0.25, 0.3) is 0 Å². The zero-order valence-corrected chi connectivity index (χ0v) is 8.04. The summed E-state index contributed by atoms with van der Waals surface area (Å²) in [6.45, 7) is 0.378. The highest BCUT2D eigenvalue weighted by molar-refractivity contribution is 6.30. The molecule has 0 fully saturated rings. The van der Waals surface area contributed by atoms with Crippen molar-refractivity contribution in [1.29, 1.82) is 5.26 Å². The van der Waals surface area contributed by atoms with E-state index in [9.17, 15) is 9.59 Å². The van der Waals surface area contributed by atoms with Gasteiger partial charge in [0.05, 0.1) is 6.07 Å². The number of aromatic amines is 1. The second-order valence-electron chi connectivity index (χ2n) is 2.69. The molecule has 0 amide bonds. The predicted molar refractivity (Wildman–Crippen MR) is 51.2 cm³/mol. The third-order valence-corrected chi connectivity index (χ3v) is 1.92. The van der Waals surface area contributed by atoms with E-state index in [4.69, 9.17) is 16.9 Å². The molecule has 0 aromatic carbocycles. The summed E-state index contributed by atoms with van der Waals surface area (Å²) in [6, 6.07) is 1.96. The molecule has 0 unspecified atom stereocenters. The first-order valence-electron chi connectivity index (χ1n) is 4.01. The molecule has 0 spiro atoms. The molecule has 0 aliphatic heterocycles. The van der Waals surface area contributed by atoms with E-state index in [1.54, 1.807) is 0 Å². The Kier molecular flexibility index (Phi) is 3.48. The lowest BCUT2D eigenvalue weighted by Crippen LogP contribution is -2.29. The number of H-pyrrole nitrogens is 1. The topological polar surface area (TPSA) is 78.7 Å². The number of hydrogen-bond acceptors (Lipinski definition) is 3. The standard InChI is InChI=1S/C8H8ClN3O2/c9-6-5-12(4-2-1-3-10)8(14)11-7(6)13/h5H,1-2,4H2,(H,11,13,14). The maximum atomic E-state index is 11.2. The smallest absolute Gasteiger partial charge is 0.299 e. The van der Waals surface area contributed by atoms with Gasteiger partial charge in [-0.2, -0.15) is 5.26 Å². The SMILES string of the molecule is N#CCCCn1cc(Cl)c(=O)[nH]c1=O. The van der Waals surface area contributed by atoms with Gasteiger partial charge in [-0.3, -0.25) is 14.3 Å². The van der Waals surface area contributed by atoms with Crippen LogP contribution >= 0.6 is 11.6 Å². The molecule has 1 rings (SSSR count). The lowest BCUT2D eigenvalue weighted by Gasteiger charge is -2.02. The van der Waals surface area contributed by atoms with Crippen LogP contribution in [-0.4, -0.2) is 9.55 Å². The van der Waals surface area contributed by atoms with Gasteiger partial charge < -0.3 is 0 Å². The highest BCUT2D eigenvalue weighted by Crippen LogP contribution is 1.97. The monoisotopic (exact) mass is 213 g/mol. The Bertz CT molecular complexity index is 469. The van der Waals surface area contributed by atoms with Crippen LogP contribution in [0.15, 0.2) is 15.8 Å². The first-order valence-corrected chi connectivity index (χ1v) is 4.39. The first kappa shape index (κ1) is 10.5. The van der Waals surface area contributed by atoms with Crippen molar-refractivity contribution in [2.45, 2.75) is 19.4 Å². The molecule has 1 N–H and O–H groups in total. The van der Waals surface area contributed by atoms with Crippen LogP contribution < -0.4 is 11.2 Å². The number of nitrogens with one attached hydrogen (secondary N) is 1. The molecule has 0 bridgehead atoms. The Morgan fingerprint density at radius 1 is 1.57 bits per heavy atom. The summed E-state index contributed by atoms with van der Waals surface area (Å²) in [5, 5.41) is 8.26. The number of unbranched alkanes of at least 4 members (excludes halogenated alkanes) is 1. The van der Waals surface area contributed by atoms with Crippen LogP contribution in [0.5, 0.6) is 0 Å². The lowest BCUT2D eigenvalue weighted by atomic mass is 10.3. The van der Waals surface area contributed by atoms with Crippen molar-refractivity contribution < 1.29 is 0 Å². The molecule has 0 radical (unpaired) electrons. The van der Waals surface area contributed by atoms with Gasteiger partial charge in [0.25, 0.3) is 5.56 Å². The van der Waals surface area contributed by atoms with E-state index in [2.05, 4.69) is 4.98 Å². The average Bonchev–Trinajstić information content (AvgIpc) is 2.14. The van der Waals surface area contributed by atoms with Crippen molar-refractivity contribution in [1.82, 2.24) is 9.55 Å². The van der Waals surface area contributed by atoms with E-state index in [0.29, 0.717) is 19.4 Å². The average molecular weight is 214 g/mol. The number of hydrogen-bond donors (Lipinski definition) is 1. The fourth-order valence-electron chi connectivity index (χ4n) is 0.977. The number of aromatic nitrogens is 2. The zero-order chi connectivity index (χ0) is 10.6. The maximum absolute atomic E-state index is 11.2. The van der Waals surface area contributed by atoms with Crippen LogP contribution in [-0.2, 0) is 6.54 Å². The van der Waals surface area contributed by atoms with E-state index >= 15 is 0 Å². The summed E-state index contributed by atoms with van der Waals surface area (Å²) < 4.78 is 1.28. The molecule has 0 saturated heterocycles. The maximum Gasteiger partial charge on any atom is 0.328 e. The molecular weight excluding hydrogens is 206 g/mol. The molecule has 0 aliphatic rings. The van der Waals surface area contributed by atoms with Crippen LogP contribution in [0.2, 0.25) is 5.02 Å². The molecule has 0 atom stereocenters. The van der Waals surface area contributed by atoms with Gasteiger partial charge in [0.2, 0.25) is 0 Å². The fraction of sp³-hybridized carbons (Fsp3) is 0.375. The van der Waals surface area contributed by atoms with Gasteiger partial charge in [-0.15, -0.1) is 0 Å². The second kappa shape index (κ2) is 4.63. The second-order valence-corrected chi connectivity index (χ2v) is 3.10. The number of nitriles is 1. The molecule has 0 saturated carbocycles.